The first-order valence-corrected chi connectivity index (χ1v) is 7.36. The fourth-order valence-corrected chi connectivity index (χ4v) is 2.40. The molecule has 1 fully saturated rings. The van der Waals surface area contributed by atoms with Gasteiger partial charge < -0.3 is 15.0 Å². The van der Waals surface area contributed by atoms with Gasteiger partial charge in [0.2, 0.25) is 11.8 Å². The van der Waals surface area contributed by atoms with Gasteiger partial charge in [0, 0.05) is 19.2 Å². The molecule has 0 bridgehead atoms. The summed E-state index contributed by atoms with van der Waals surface area (Å²) in [5.41, 5.74) is 0. The Kier molecular flexibility index (Phi) is 5.21. The third kappa shape index (κ3) is 3.85. The van der Waals surface area contributed by atoms with E-state index < -0.39 is 0 Å². The lowest BCUT2D eigenvalue weighted by molar-refractivity contribution is -0.132. The van der Waals surface area contributed by atoms with Gasteiger partial charge in [0.25, 0.3) is 0 Å². The van der Waals surface area contributed by atoms with Crippen LogP contribution < -0.4 is 10.1 Å². The quantitative estimate of drug-likeness (QED) is 0.897. The molecule has 0 aliphatic carbocycles. The lowest BCUT2D eigenvalue weighted by Gasteiger charge is -2.29. The first kappa shape index (κ1) is 14.6. The highest BCUT2D eigenvalue weighted by atomic mass is 16.5. The number of hydrogen-bond donors (Lipinski definition) is 1. The van der Waals surface area contributed by atoms with Crippen LogP contribution in [0.15, 0.2) is 18.2 Å². The van der Waals surface area contributed by atoms with E-state index in [9.17, 15) is 4.79 Å². The van der Waals surface area contributed by atoms with Crippen molar-refractivity contribution in [2.75, 3.05) is 25.0 Å². The number of rotatable bonds is 5. The molecule has 0 radical (unpaired) electrons. The lowest BCUT2D eigenvalue weighted by Crippen LogP contribution is -2.44. The number of likely N-dealkylation sites (tertiary alicyclic amines) is 1. The first-order chi connectivity index (χ1) is 9.70. The Morgan fingerprint density at radius 1 is 1.40 bits per heavy atom. The molecule has 1 unspecified atom stereocenters. The smallest absolute Gasteiger partial charge is 0.244 e. The Balaban J connectivity index is 1.94. The molecule has 2 rings (SSSR count). The molecule has 1 atom stereocenters. The summed E-state index contributed by atoms with van der Waals surface area (Å²) in [6, 6.07) is 5.27. The van der Waals surface area contributed by atoms with Gasteiger partial charge >= 0.3 is 0 Å². The summed E-state index contributed by atoms with van der Waals surface area (Å²) >= 11 is 0. The predicted molar refractivity (Wildman–Crippen MR) is 78.9 cm³/mol. The van der Waals surface area contributed by atoms with Crippen LogP contribution >= 0.6 is 0 Å². The SMILES string of the molecule is CCOc1cccc(NC(C)C(=O)N2CCCCC2)n1. The van der Waals surface area contributed by atoms with Gasteiger partial charge in [-0.05, 0) is 39.2 Å². The molecule has 1 aliphatic heterocycles. The summed E-state index contributed by atoms with van der Waals surface area (Å²) in [6.45, 7) is 6.13. The van der Waals surface area contributed by atoms with Crippen LogP contribution in [-0.2, 0) is 4.79 Å². The Bertz CT molecular complexity index is 444. The summed E-state index contributed by atoms with van der Waals surface area (Å²) < 4.78 is 5.36. The van der Waals surface area contributed by atoms with Crippen molar-refractivity contribution in [2.45, 2.75) is 39.2 Å². The zero-order valence-corrected chi connectivity index (χ0v) is 12.3. The number of carbonyl (C=O) groups is 1. The van der Waals surface area contributed by atoms with Crippen LogP contribution in [0.3, 0.4) is 0 Å². The molecular formula is C15H23N3O2. The second-order valence-corrected chi connectivity index (χ2v) is 5.05. The van der Waals surface area contributed by atoms with E-state index in [0.29, 0.717) is 18.3 Å². The van der Waals surface area contributed by atoms with Crippen LogP contribution in [0.1, 0.15) is 33.1 Å². The molecule has 2 heterocycles. The minimum Gasteiger partial charge on any atom is -0.478 e. The summed E-state index contributed by atoms with van der Waals surface area (Å²) in [5, 5.41) is 3.16. The van der Waals surface area contributed by atoms with Gasteiger partial charge in [-0.1, -0.05) is 6.07 Å². The van der Waals surface area contributed by atoms with E-state index in [1.165, 1.54) is 6.42 Å². The largest absolute Gasteiger partial charge is 0.478 e. The van der Waals surface area contributed by atoms with E-state index in [2.05, 4.69) is 10.3 Å². The minimum absolute atomic E-state index is 0.147. The van der Waals surface area contributed by atoms with Crippen LogP contribution in [0.25, 0.3) is 0 Å². The Morgan fingerprint density at radius 2 is 2.15 bits per heavy atom. The predicted octanol–water partition coefficient (Wildman–Crippen LogP) is 2.29. The molecule has 0 aromatic carbocycles. The molecule has 1 aromatic rings. The monoisotopic (exact) mass is 277 g/mol. The third-order valence-corrected chi connectivity index (χ3v) is 3.42. The number of aromatic nitrogens is 1. The molecule has 5 heteroatoms. The third-order valence-electron chi connectivity index (χ3n) is 3.42. The van der Waals surface area contributed by atoms with Crippen molar-refractivity contribution in [2.24, 2.45) is 0 Å². The second-order valence-electron chi connectivity index (χ2n) is 5.05. The molecule has 1 amide bonds. The second kappa shape index (κ2) is 7.12. The molecule has 20 heavy (non-hydrogen) atoms. The maximum absolute atomic E-state index is 12.3. The highest BCUT2D eigenvalue weighted by Crippen LogP contribution is 2.14. The van der Waals surface area contributed by atoms with Gasteiger partial charge in [0.05, 0.1) is 6.61 Å². The maximum Gasteiger partial charge on any atom is 0.244 e. The molecule has 5 nitrogen and oxygen atoms in total. The van der Waals surface area contributed by atoms with Gasteiger partial charge in [-0.2, -0.15) is 4.98 Å². The van der Waals surface area contributed by atoms with Crippen LogP contribution in [0.2, 0.25) is 0 Å². The molecular weight excluding hydrogens is 254 g/mol. The van der Waals surface area contributed by atoms with Gasteiger partial charge in [-0.25, -0.2) is 0 Å². The van der Waals surface area contributed by atoms with Crippen molar-refractivity contribution in [1.29, 1.82) is 0 Å². The molecule has 0 saturated carbocycles. The topological polar surface area (TPSA) is 54.5 Å². The summed E-state index contributed by atoms with van der Waals surface area (Å²) in [7, 11) is 0. The van der Waals surface area contributed by atoms with Crippen LogP contribution in [0.4, 0.5) is 5.82 Å². The first-order valence-electron chi connectivity index (χ1n) is 7.36. The molecule has 1 saturated heterocycles. The zero-order chi connectivity index (χ0) is 14.4. The molecule has 0 spiro atoms. The fourth-order valence-electron chi connectivity index (χ4n) is 2.40. The average molecular weight is 277 g/mol. The number of piperidine rings is 1. The molecule has 1 aliphatic rings. The highest BCUT2D eigenvalue weighted by molar-refractivity contribution is 5.84. The van der Waals surface area contributed by atoms with Crippen LogP contribution in [0.5, 0.6) is 5.88 Å². The van der Waals surface area contributed by atoms with E-state index >= 15 is 0 Å². The minimum atomic E-state index is -0.266. The van der Waals surface area contributed by atoms with E-state index in [0.717, 1.165) is 25.9 Å². The number of amides is 1. The van der Waals surface area contributed by atoms with E-state index in [-0.39, 0.29) is 11.9 Å². The Labute approximate surface area is 120 Å². The van der Waals surface area contributed by atoms with Gasteiger partial charge in [-0.15, -0.1) is 0 Å². The Hall–Kier alpha value is -1.78. The van der Waals surface area contributed by atoms with E-state index in [1.54, 1.807) is 0 Å². The zero-order valence-electron chi connectivity index (χ0n) is 12.3. The summed E-state index contributed by atoms with van der Waals surface area (Å²) in [6.07, 6.45) is 3.44. The van der Waals surface area contributed by atoms with Crippen molar-refractivity contribution in [3.63, 3.8) is 0 Å². The van der Waals surface area contributed by atoms with Crippen molar-refractivity contribution in [3.05, 3.63) is 18.2 Å². The fraction of sp³-hybridized carbons (Fsp3) is 0.600. The molecule has 1 N–H and O–H groups in total. The van der Waals surface area contributed by atoms with Gasteiger partial charge in [-0.3, -0.25) is 4.79 Å². The number of nitrogens with one attached hydrogen (secondary N) is 1. The number of pyridine rings is 1. The average Bonchev–Trinajstić information content (AvgIpc) is 2.48. The highest BCUT2D eigenvalue weighted by Gasteiger charge is 2.22. The number of ether oxygens (including phenoxy) is 1. The number of hydrogen-bond acceptors (Lipinski definition) is 4. The van der Waals surface area contributed by atoms with Crippen molar-refractivity contribution >= 4 is 11.7 Å². The normalized spacial score (nSPS) is 16.6. The number of anilines is 1. The molecule has 110 valence electrons. The van der Waals surface area contributed by atoms with E-state index in [1.807, 2.05) is 36.9 Å². The summed E-state index contributed by atoms with van der Waals surface area (Å²) in [4.78, 5) is 18.6. The standard InChI is InChI=1S/C15H23N3O2/c1-3-20-14-9-7-8-13(17-14)16-12(2)15(19)18-10-5-4-6-11-18/h7-9,12H,3-6,10-11H2,1-2H3,(H,16,17). The maximum atomic E-state index is 12.3. The number of nitrogens with zero attached hydrogens (tertiary/aromatic N) is 2. The van der Waals surface area contributed by atoms with Gasteiger partial charge in [0.15, 0.2) is 0 Å². The van der Waals surface area contributed by atoms with Crippen molar-refractivity contribution < 1.29 is 9.53 Å². The molecule has 1 aromatic heterocycles. The lowest BCUT2D eigenvalue weighted by atomic mass is 10.1. The number of carbonyl (C=O) groups excluding carboxylic acids is 1. The van der Waals surface area contributed by atoms with Gasteiger partial charge in [0.1, 0.15) is 11.9 Å². The van der Waals surface area contributed by atoms with Crippen molar-refractivity contribution in [3.8, 4) is 5.88 Å². The van der Waals surface area contributed by atoms with E-state index in [4.69, 9.17) is 4.74 Å². The Morgan fingerprint density at radius 3 is 2.85 bits per heavy atom. The van der Waals surface area contributed by atoms with Crippen molar-refractivity contribution in [1.82, 2.24) is 9.88 Å². The van der Waals surface area contributed by atoms with Crippen LogP contribution in [0, 0.1) is 0 Å². The summed E-state index contributed by atoms with van der Waals surface area (Å²) in [5.74, 6) is 1.40. The van der Waals surface area contributed by atoms with Crippen LogP contribution in [-0.4, -0.2) is 41.5 Å².